The first kappa shape index (κ1) is 14.4. The van der Waals surface area contributed by atoms with Gasteiger partial charge in [0.2, 0.25) is 0 Å². The Morgan fingerprint density at radius 2 is 2.05 bits per heavy atom. The van der Waals surface area contributed by atoms with Crippen LogP contribution in [0.3, 0.4) is 0 Å². The lowest BCUT2D eigenvalue weighted by Crippen LogP contribution is -2.09. The van der Waals surface area contributed by atoms with E-state index in [1.807, 2.05) is 44.2 Å². The summed E-state index contributed by atoms with van der Waals surface area (Å²) in [5.74, 6) is 1.49. The first-order chi connectivity index (χ1) is 10.7. The molecule has 1 aromatic carbocycles. The Morgan fingerprint density at radius 1 is 1.27 bits per heavy atom. The van der Waals surface area contributed by atoms with Crippen LogP contribution in [-0.2, 0) is 6.42 Å². The number of aliphatic hydroxyl groups excluding tert-OH is 1. The van der Waals surface area contributed by atoms with Gasteiger partial charge in [-0.05, 0) is 12.5 Å². The van der Waals surface area contributed by atoms with E-state index in [9.17, 15) is 5.11 Å². The standard InChI is InChI=1S/C15H18N6O/c1-3-13-16-15(19-18-13)10(2)21-9-12(17-20-21)14(22)11-7-5-4-6-8-11/h4-10,14,22H,3H2,1-2H3,(H,16,18,19)/t10?,14-/m1/s1. The van der Waals surface area contributed by atoms with Gasteiger partial charge in [0.15, 0.2) is 5.82 Å². The van der Waals surface area contributed by atoms with Gasteiger partial charge < -0.3 is 5.11 Å². The number of nitrogens with zero attached hydrogens (tertiary/aromatic N) is 5. The summed E-state index contributed by atoms with van der Waals surface area (Å²) < 4.78 is 1.66. The van der Waals surface area contributed by atoms with Crippen molar-refractivity contribution in [3.05, 3.63) is 59.4 Å². The van der Waals surface area contributed by atoms with E-state index >= 15 is 0 Å². The van der Waals surface area contributed by atoms with Crippen LogP contribution in [-0.4, -0.2) is 35.3 Å². The molecule has 2 aromatic heterocycles. The Kier molecular flexibility index (Phi) is 3.97. The molecule has 3 aromatic rings. The molecule has 0 aliphatic carbocycles. The van der Waals surface area contributed by atoms with Gasteiger partial charge in [-0.2, -0.15) is 5.10 Å². The van der Waals surface area contributed by atoms with Crippen molar-refractivity contribution in [2.24, 2.45) is 0 Å². The molecule has 7 nitrogen and oxygen atoms in total. The van der Waals surface area contributed by atoms with Crippen molar-refractivity contribution in [3.63, 3.8) is 0 Å². The molecule has 2 N–H and O–H groups in total. The summed E-state index contributed by atoms with van der Waals surface area (Å²) in [5, 5.41) is 25.6. The minimum atomic E-state index is -0.791. The number of aromatic nitrogens is 6. The van der Waals surface area contributed by atoms with Crippen LogP contribution in [0, 0.1) is 0 Å². The largest absolute Gasteiger partial charge is 0.382 e. The number of H-pyrrole nitrogens is 1. The fourth-order valence-corrected chi connectivity index (χ4v) is 2.18. The third-order valence-corrected chi connectivity index (χ3v) is 3.58. The molecule has 1 unspecified atom stereocenters. The zero-order valence-corrected chi connectivity index (χ0v) is 12.5. The van der Waals surface area contributed by atoms with Crippen molar-refractivity contribution in [1.82, 2.24) is 30.2 Å². The molecule has 0 radical (unpaired) electrons. The molecule has 3 rings (SSSR count). The van der Waals surface area contributed by atoms with Gasteiger partial charge in [0.05, 0.1) is 6.20 Å². The minimum Gasteiger partial charge on any atom is -0.382 e. The lowest BCUT2D eigenvalue weighted by atomic mass is 10.1. The second kappa shape index (κ2) is 6.07. The second-order valence-electron chi connectivity index (χ2n) is 5.11. The maximum atomic E-state index is 10.3. The van der Waals surface area contributed by atoms with Crippen molar-refractivity contribution in [2.75, 3.05) is 0 Å². The van der Waals surface area contributed by atoms with Gasteiger partial charge in [-0.3, -0.25) is 5.10 Å². The van der Waals surface area contributed by atoms with Gasteiger partial charge in [0, 0.05) is 6.42 Å². The highest BCUT2D eigenvalue weighted by Crippen LogP contribution is 2.21. The number of aromatic amines is 1. The van der Waals surface area contributed by atoms with Crippen molar-refractivity contribution in [3.8, 4) is 0 Å². The molecule has 0 fully saturated rings. The third kappa shape index (κ3) is 2.75. The Bertz CT molecular complexity index is 735. The Labute approximate surface area is 128 Å². The molecule has 0 spiro atoms. The lowest BCUT2D eigenvalue weighted by Gasteiger charge is -2.08. The van der Waals surface area contributed by atoms with Crippen LogP contribution >= 0.6 is 0 Å². The second-order valence-corrected chi connectivity index (χ2v) is 5.11. The van der Waals surface area contributed by atoms with Crippen molar-refractivity contribution in [2.45, 2.75) is 32.4 Å². The summed E-state index contributed by atoms with van der Waals surface area (Å²) >= 11 is 0. The van der Waals surface area contributed by atoms with E-state index in [0.29, 0.717) is 11.5 Å². The summed E-state index contributed by atoms with van der Waals surface area (Å²) in [6.07, 6.45) is 1.74. The zero-order chi connectivity index (χ0) is 15.5. The molecule has 0 aliphatic rings. The summed E-state index contributed by atoms with van der Waals surface area (Å²) in [5.41, 5.74) is 1.29. The van der Waals surface area contributed by atoms with Crippen LogP contribution in [0.4, 0.5) is 0 Å². The lowest BCUT2D eigenvalue weighted by molar-refractivity contribution is 0.215. The van der Waals surface area contributed by atoms with E-state index in [0.717, 1.165) is 17.8 Å². The number of benzene rings is 1. The fourth-order valence-electron chi connectivity index (χ4n) is 2.18. The normalized spacial score (nSPS) is 14.0. The molecule has 2 heterocycles. The van der Waals surface area contributed by atoms with Gasteiger partial charge in [-0.15, -0.1) is 5.10 Å². The van der Waals surface area contributed by atoms with Crippen LogP contribution in [0.2, 0.25) is 0 Å². The molecule has 0 amide bonds. The molecular weight excluding hydrogens is 280 g/mol. The maximum absolute atomic E-state index is 10.3. The van der Waals surface area contributed by atoms with Gasteiger partial charge in [0.25, 0.3) is 0 Å². The zero-order valence-electron chi connectivity index (χ0n) is 12.5. The Balaban J connectivity index is 1.81. The first-order valence-electron chi connectivity index (χ1n) is 7.25. The average molecular weight is 298 g/mol. The highest BCUT2D eigenvalue weighted by atomic mass is 16.3. The summed E-state index contributed by atoms with van der Waals surface area (Å²) in [6.45, 7) is 3.95. The average Bonchev–Trinajstić information content (AvgIpc) is 3.23. The number of aliphatic hydroxyl groups is 1. The molecule has 0 saturated heterocycles. The quantitative estimate of drug-likeness (QED) is 0.747. The number of nitrogens with one attached hydrogen (secondary N) is 1. The highest BCUT2D eigenvalue weighted by Gasteiger charge is 2.19. The molecule has 0 saturated carbocycles. The predicted octanol–water partition coefficient (Wildman–Crippen LogP) is 1.65. The molecule has 0 aliphatic heterocycles. The van der Waals surface area contributed by atoms with E-state index in [4.69, 9.17) is 0 Å². The smallest absolute Gasteiger partial charge is 0.174 e. The topological polar surface area (TPSA) is 92.5 Å². The van der Waals surface area contributed by atoms with Crippen LogP contribution in [0.5, 0.6) is 0 Å². The van der Waals surface area contributed by atoms with Crippen LogP contribution in [0.25, 0.3) is 0 Å². The SMILES string of the molecule is CCc1nc(C(C)n2cc([C@H](O)c3ccccc3)nn2)n[nH]1. The highest BCUT2D eigenvalue weighted by molar-refractivity contribution is 5.23. The minimum absolute atomic E-state index is 0.152. The molecule has 22 heavy (non-hydrogen) atoms. The molecule has 7 heteroatoms. The van der Waals surface area contributed by atoms with Crippen molar-refractivity contribution in [1.29, 1.82) is 0 Å². The van der Waals surface area contributed by atoms with E-state index < -0.39 is 6.10 Å². The molecule has 0 bridgehead atoms. The Morgan fingerprint density at radius 3 is 2.73 bits per heavy atom. The third-order valence-electron chi connectivity index (χ3n) is 3.58. The van der Waals surface area contributed by atoms with E-state index in [-0.39, 0.29) is 6.04 Å². The number of aryl methyl sites for hydroxylation is 1. The van der Waals surface area contributed by atoms with Gasteiger partial charge in [-0.25, -0.2) is 9.67 Å². The van der Waals surface area contributed by atoms with Crippen LogP contribution < -0.4 is 0 Å². The molecule has 2 atom stereocenters. The van der Waals surface area contributed by atoms with Crippen LogP contribution in [0.15, 0.2) is 36.5 Å². The maximum Gasteiger partial charge on any atom is 0.174 e. The summed E-state index contributed by atoms with van der Waals surface area (Å²) in [6, 6.07) is 9.23. The van der Waals surface area contributed by atoms with Gasteiger partial charge in [0.1, 0.15) is 23.7 Å². The van der Waals surface area contributed by atoms with Gasteiger partial charge in [-0.1, -0.05) is 42.5 Å². The molecular formula is C15H18N6O. The predicted molar refractivity (Wildman–Crippen MR) is 80.1 cm³/mol. The summed E-state index contributed by atoms with van der Waals surface area (Å²) in [4.78, 5) is 4.40. The van der Waals surface area contributed by atoms with Crippen molar-refractivity contribution >= 4 is 0 Å². The van der Waals surface area contributed by atoms with E-state index in [1.54, 1.807) is 10.9 Å². The number of hydrogen-bond acceptors (Lipinski definition) is 5. The van der Waals surface area contributed by atoms with Gasteiger partial charge >= 0.3 is 0 Å². The monoisotopic (exact) mass is 298 g/mol. The van der Waals surface area contributed by atoms with E-state index in [2.05, 4.69) is 25.5 Å². The van der Waals surface area contributed by atoms with E-state index in [1.165, 1.54) is 0 Å². The van der Waals surface area contributed by atoms with Crippen molar-refractivity contribution < 1.29 is 5.11 Å². The first-order valence-corrected chi connectivity index (χ1v) is 7.25. The Hall–Kier alpha value is -2.54. The summed E-state index contributed by atoms with van der Waals surface area (Å²) in [7, 11) is 0. The molecule has 114 valence electrons. The number of rotatable bonds is 5. The fraction of sp³-hybridized carbons (Fsp3) is 0.333. The van der Waals surface area contributed by atoms with Crippen LogP contribution in [0.1, 0.15) is 48.9 Å². The number of hydrogen-bond donors (Lipinski definition) is 2.